The molecule has 25 heavy (non-hydrogen) atoms. The fraction of sp³-hybridized carbons (Fsp3) is 0.273. The first-order valence-corrected chi connectivity index (χ1v) is 18.9. The van der Waals surface area contributed by atoms with Crippen LogP contribution < -0.4 is 0 Å². The van der Waals surface area contributed by atoms with Crippen LogP contribution in [0.15, 0.2) is 72.3 Å². The van der Waals surface area contributed by atoms with E-state index in [0.29, 0.717) is 5.92 Å². The molecule has 0 bridgehead atoms. The zero-order valence-corrected chi connectivity index (χ0v) is 18.6. The second-order valence-corrected chi connectivity index (χ2v) is 23.7. The molecule has 0 fully saturated rings. The molecule has 2 aromatic carbocycles. The van der Waals surface area contributed by atoms with Crippen LogP contribution in [-0.4, -0.2) is 0 Å². The van der Waals surface area contributed by atoms with Crippen LogP contribution in [0.25, 0.3) is 11.1 Å². The van der Waals surface area contributed by atoms with E-state index in [-0.39, 0.29) is 3.12 Å². The number of fused-ring (bicyclic) bond motifs is 3. The fourth-order valence-electron chi connectivity index (χ4n) is 4.89. The monoisotopic (exact) mass is 446 g/mol. The molecule has 1 atom stereocenters. The second-order valence-electron chi connectivity index (χ2n) is 7.35. The van der Waals surface area contributed by atoms with Crippen LogP contribution in [0, 0.1) is 5.92 Å². The van der Waals surface area contributed by atoms with E-state index >= 15 is 0 Å². The van der Waals surface area contributed by atoms with Crippen LogP contribution in [0.3, 0.4) is 0 Å². The molecule has 3 heteroatoms. The van der Waals surface area contributed by atoms with Gasteiger partial charge in [-0.1, -0.05) is 0 Å². The number of halogens is 2. The van der Waals surface area contributed by atoms with Gasteiger partial charge in [-0.25, -0.2) is 0 Å². The Bertz CT molecular complexity index is 828. The molecule has 0 saturated carbocycles. The summed E-state index contributed by atoms with van der Waals surface area (Å²) in [6.07, 6.45) is 8.75. The molecule has 0 aliphatic heterocycles. The molecule has 1 unspecified atom stereocenters. The topological polar surface area (TPSA) is 0 Å². The Morgan fingerprint density at radius 2 is 1.56 bits per heavy atom. The summed E-state index contributed by atoms with van der Waals surface area (Å²) in [4.78, 5) is 0. The Hall–Kier alpha value is -0.617. The molecule has 128 valence electrons. The molecule has 0 saturated heterocycles. The van der Waals surface area contributed by atoms with E-state index in [4.69, 9.17) is 17.0 Å². The molecule has 2 aliphatic carbocycles. The number of benzene rings is 2. The van der Waals surface area contributed by atoms with Crippen molar-refractivity contribution in [3.63, 3.8) is 0 Å². The minimum absolute atomic E-state index is 0.214. The molecule has 4 rings (SSSR count). The van der Waals surface area contributed by atoms with E-state index < -0.39 is 17.9 Å². The predicted molar refractivity (Wildman–Crippen MR) is 106 cm³/mol. The summed E-state index contributed by atoms with van der Waals surface area (Å²) < 4.78 is 1.95. The van der Waals surface area contributed by atoms with Crippen LogP contribution in [0.1, 0.15) is 30.9 Å². The van der Waals surface area contributed by atoms with Gasteiger partial charge < -0.3 is 0 Å². The SMILES string of the molecule is CC(CC1=CC=CC1)[C]1([Zr]([CH3])([Cl])[Cl])c2ccccc2-c2ccccc21. The predicted octanol–water partition coefficient (Wildman–Crippen LogP) is 7.33. The summed E-state index contributed by atoms with van der Waals surface area (Å²) in [6.45, 7) is 2.35. The van der Waals surface area contributed by atoms with Crippen molar-refractivity contribution < 1.29 is 17.9 Å². The van der Waals surface area contributed by atoms with E-state index in [1.807, 2.05) is 0 Å². The average molecular weight is 449 g/mol. The Morgan fingerprint density at radius 3 is 2.04 bits per heavy atom. The molecule has 0 heterocycles. The van der Waals surface area contributed by atoms with Gasteiger partial charge in [-0.05, 0) is 0 Å². The minimum atomic E-state index is -3.49. The zero-order valence-electron chi connectivity index (χ0n) is 14.6. The fourth-order valence-corrected chi connectivity index (χ4v) is 15.3. The summed E-state index contributed by atoms with van der Waals surface area (Å²) in [5.74, 6) is 0.374. The molecule has 2 aromatic rings. The van der Waals surface area contributed by atoms with Gasteiger partial charge in [0, 0.05) is 0 Å². The van der Waals surface area contributed by atoms with Crippen molar-refractivity contribution in [2.75, 3.05) is 0 Å². The molecule has 0 aromatic heterocycles. The quantitative estimate of drug-likeness (QED) is 0.459. The van der Waals surface area contributed by atoms with Gasteiger partial charge in [-0.3, -0.25) is 0 Å². The maximum absolute atomic E-state index is 7.17. The standard InChI is InChI=1S/C21H19.CH3.2ClH.Zr/c1-15(14-16-8-2-3-9-16)21-19-12-6-4-10-17(19)18-11-5-7-13-20(18)21;;;;/h2-8,10-13,15H,9,14H2,1H3;1H3;2*1H;/q;;;;+2/p-2. The van der Waals surface area contributed by atoms with Crippen molar-refractivity contribution in [1.82, 2.24) is 0 Å². The Balaban J connectivity index is 1.95. The van der Waals surface area contributed by atoms with Gasteiger partial charge in [0.2, 0.25) is 0 Å². The number of allylic oxidation sites excluding steroid dienone is 4. The number of hydrogen-bond donors (Lipinski definition) is 0. The first-order chi connectivity index (χ1) is 12.0. The first kappa shape index (κ1) is 17.8. The third-order valence-electron chi connectivity index (χ3n) is 5.84. The summed E-state index contributed by atoms with van der Waals surface area (Å²) in [5, 5.41) is 0. The van der Waals surface area contributed by atoms with Crippen LogP contribution in [-0.2, 0) is 21.0 Å². The van der Waals surface area contributed by atoms with Gasteiger partial charge in [-0.2, -0.15) is 0 Å². The number of rotatable bonds is 4. The van der Waals surface area contributed by atoms with Crippen molar-refractivity contribution in [2.45, 2.75) is 27.5 Å². The van der Waals surface area contributed by atoms with Crippen molar-refractivity contribution in [2.24, 2.45) is 5.92 Å². The van der Waals surface area contributed by atoms with Gasteiger partial charge in [0.25, 0.3) is 0 Å². The van der Waals surface area contributed by atoms with Crippen molar-refractivity contribution in [3.8, 4) is 11.1 Å². The molecular weight excluding hydrogens is 426 g/mol. The van der Waals surface area contributed by atoms with E-state index in [2.05, 4.69) is 78.3 Å². The van der Waals surface area contributed by atoms with E-state index in [9.17, 15) is 0 Å². The number of hydrogen-bond acceptors (Lipinski definition) is 0. The first-order valence-electron chi connectivity index (χ1n) is 8.88. The Kier molecular flexibility index (Phi) is 4.64. The molecule has 0 amide bonds. The van der Waals surface area contributed by atoms with Crippen LogP contribution >= 0.6 is 17.0 Å². The molecule has 0 radical (unpaired) electrons. The van der Waals surface area contributed by atoms with Crippen LogP contribution in [0.4, 0.5) is 0 Å². The third kappa shape index (κ3) is 2.66. The van der Waals surface area contributed by atoms with E-state index in [1.54, 1.807) is 0 Å². The van der Waals surface area contributed by atoms with Gasteiger partial charge in [0.15, 0.2) is 0 Å². The second kappa shape index (κ2) is 6.52. The van der Waals surface area contributed by atoms with Crippen molar-refractivity contribution in [1.29, 1.82) is 0 Å². The summed E-state index contributed by atoms with van der Waals surface area (Å²) in [5.41, 5.74) is 6.80. The summed E-state index contributed by atoms with van der Waals surface area (Å²) in [6, 6.07) is 17.5. The molecule has 0 N–H and O–H groups in total. The van der Waals surface area contributed by atoms with E-state index in [1.165, 1.54) is 27.8 Å². The molecule has 0 nitrogen and oxygen atoms in total. The van der Waals surface area contributed by atoms with Gasteiger partial charge >= 0.3 is 163 Å². The van der Waals surface area contributed by atoms with Crippen LogP contribution in [0.2, 0.25) is 4.63 Å². The van der Waals surface area contributed by atoms with Gasteiger partial charge in [-0.15, -0.1) is 0 Å². The third-order valence-corrected chi connectivity index (χ3v) is 15.3. The van der Waals surface area contributed by atoms with Gasteiger partial charge in [0.1, 0.15) is 0 Å². The summed E-state index contributed by atoms with van der Waals surface area (Å²) in [7, 11) is 14.3. The molecular formula is C22H22Cl2Zr. The van der Waals surface area contributed by atoms with Crippen LogP contribution in [0.5, 0.6) is 0 Å². The Labute approximate surface area is 162 Å². The zero-order chi connectivity index (χ0) is 17.7. The molecule has 0 spiro atoms. The average Bonchev–Trinajstić information content (AvgIpc) is 3.18. The Morgan fingerprint density at radius 1 is 1.00 bits per heavy atom. The maximum atomic E-state index is 7.17. The summed E-state index contributed by atoms with van der Waals surface area (Å²) >= 11 is -3.49. The van der Waals surface area contributed by atoms with Crippen molar-refractivity contribution >= 4 is 17.0 Å². The van der Waals surface area contributed by atoms with Gasteiger partial charge in [0.05, 0.1) is 0 Å². The van der Waals surface area contributed by atoms with Crippen molar-refractivity contribution in [3.05, 3.63) is 83.5 Å². The normalized spacial score (nSPS) is 18.6. The molecule has 2 aliphatic rings. The van der Waals surface area contributed by atoms with E-state index in [0.717, 1.165) is 12.8 Å².